The lowest BCUT2D eigenvalue weighted by atomic mass is 10.2. The first-order chi connectivity index (χ1) is 11.7. The summed E-state index contributed by atoms with van der Waals surface area (Å²) in [4.78, 5) is 13.1. The Bertz CT molecular complexity index is 657. The number of thioether (sulfide) groups is 1. The van der Waals surface area contributed by atoms with Crippen molar-refractivity contribution in [3.63, 3.8) is 0 Å². The Morgan fingerprint density at radius 3 is 2.58 bits per heavy atom. The zero-order valence-corrected chi connectivity index (χ0v) is 14.8. The minimum atomic E-state index is -0.214. The molecule has 5 heteroatoms. The molecule has 0 bridgehead atoms. The summed E-state index contributed by atoms with van der Waals surface area (Å²) in [7, 11) is 0. The summed E-state index contributed by atoms with van der Waals surface area (Å²) in [6, 6.07) is 17.4. The van der Waals surface area contributed by atoms with Gasteiger partial charge in [0, 0.05) is 4.90 Å². The van der Waals surface area contributed by atoms with E-state index in [0.29, 0.717) is 6.61 Å². The molecule has 0 radical (unpaired) electrons. The van der Waals surface area contributed by atoms with Crippen LogP contribution in [0.15, 0.2) is 64.6 Å². The number of amides is 1. The van der Waals surface area contributed by atoms with E-state index in [1.807, 2.05) is 61.5 Å². The van der Waals surface area contributed by atoms with Crippen molar-refractivity contribution in [1.29, 1.82) is 0 Å². The summed E-state index contributed by atoms with van der Waals surface area (Å²) in [5.41, 5.74) is 3.48. The molecule has 0 aliphatic rings. The number of nitrogens with zero attached hydrogens (tertiary/aromatic N) is 1. The Morgan fingerprint density at radius 2 is 1.92 bits per heavy atom. The summed E-state index contributed by atoms with van der Waals surface area (Å²) in [6.45, 7) is 4.64. The van der Waals surface area contributed by atoms with Gasteiger partial charge in [0.05, 0.1) is 18.1 Å². The molecule has 1 N–H and O–H groups in total. The van der Waals surface area contributed by atoms with Crippen molar-refractivity contribution < 1.29 is 9.53 Å². The van der Waals surface area contributed by atoms with Crippen molar-refractivity contribution in [3.05, 3.63) is 60.2 Å². The Morgan fingerprint density at radius 1 is 1.21 bits per heavy atom. The third kappa shape index (κ3) is 6.08. The third-order valence-corrected chi connectivity index (χ3v) is 4.28. The Kier molecular flexibility index (Phi) is 7.36. The van der Waals surface area contributed by atoms with Gasteiger partial charge in [-0.25, -0.2) is 5.43 Å². The van der Waals surface area contributed by atoms with Crippen LogP contribution in [-0.2, 0) is 4.79 Å². The zero-order chi connectivity index (χ0) is 17.2. The van der Waals surface area contributed by atoms with Gasteiger partial charge in [-0.05, 0) is 55.3 Å². The van der Waals surface area contributed by atoms with E-state index in [2.05, 4.69) is 17.5 Å². The topological polar surface area (TPSA) is 50.7 Å². The maximum atomic E-state index is 12.0. The minimum Gasteiger partial charge on any atom is -0.494 e. The summed E-state index contributed by atoms with van der Waals surface area (Å²) in [5, 5.41) is 3.80. The van der Waals surface area contributed by atoms with Crippen LogP contribution in [0.2, 0.25) is 0 Å². The molecule has 2 aromatic rings. The van der Waals surface area contributed by atoms with Gasteiger partial charge < -0.3 is 4.74 Å². The van der Waals surface area contributed by atoms with Gasteiger partial charge in [-0.1, -0.05) is 25.1 Å². The van der Waals surface area contributed by atoms with Crippen LogP contribution in [0.1, 0.15) is 25.8 Å². The van der Waals surface area contributed by atoms with Crippen LogP contribution in [-0.4, -0.2) is 24.0 Å². The first-order valence-corrected chi connectivity index (χ1v) is 8.84. The predicted molar refractivity (Wildman–Crippen MR) is 99.7 cm³/mol. The number of carbonyl (C=O) groups excluding carboxylic acids is 1. The number of nitrogens with one attached hydrogen (secondary N) is 1. The van der Waals surface area contributed by atoms with E-state index in [9.17, 15) is 4.79 Å². The third-order valence-electron chi connectivity index (χ3n) is 3.17. The number of hydrogen-bond donors (Lipinski definition) is 1. The lowest BCUT2D eigenvalue weighted by Gasteiger charge is -2.09. The zero-order valence-electron chi connectivity index (χ0n) is 13.9. The molecule has 0 heterocycles. The molecule has 0 spiro atoms. The molecule has 1 unspecified atom stereocenters. The SMILES string of the molecule is CCCOc1ccc(/C=N/NC(=O)C(C)Sc2ccccc2)cc1. The second-order valence-corrected chi connectivity index (χ2v) is 6.64. The predicted octanol–water partition coefficient (Wildman–Crippen LogP) is 4.11. The van der Waals surface area contributed by atoms with Gasteiger partial charge in [-0.3, -0.25) is 4.79 Å². The van der Waals surface area contributed by atoms with Crippen molar-refractivity contribution in [1.82, 2.24) is 5.43 Å². The fourth-order valence-electron chi connectivity index (χ4n) is 1.89. The molecule has 1 amide bonds. The van der Waals surface area contributed by atoms with Crippen molar-refractivity contribution in [2.24, 2.45) is 5.10 Å². The monoisotopic (exact) mass is 342 g/mol. The Balaban J connectivity index is 1.81. The van der Waals surface area contributed by atoms with Crippen LogP contribution in [0.4, 0.5) is 0 Å². The number of ether oxygens (including phenoxy) is 1. The molecule has 4 nitrogen and oxygen atoms in total. The number of hydrazone groups is 1. The maximum absolute atomic E-state index is 12.0. The summed E-state index contributed by atoms with van der Waals surface area (Å²) in [6.07, 6.45) is 2.61. The van der Waals surface area contributed by atoms with Crippen LogP contribution < -0.4 is 10.2 Å². The van der Waals surface area contributed by atoms with E-state index in [1.165, 1.54) is 11.8 Å². The van der Waals surface area contributed by atoms with E-state index in [0.717, 1.165) is 22.6 Å². The van der Waals surface area contributed by atoms with Crippen LogP contribution >= 0.6 is 11.8 Å². The van der Waals surface area contributed by atoms with Crippen LogP contribution in [0.25, 0.3) is 0 Å². The highest BCUT2D eigenvalue weighted by molar-refractivity contribution is 8.00. The van der Waals surface area contributed by atoms with Gasteiger partial charge in [-0.15, -0.1) is 11.8 Å². The molecular weight excluding hydrogens is 320 g/mol. The number of rotatable bonds is 8. The first-order valence-electron chi connectivity index (χ1n) is 7.96. The molecule has 2 rings (SSSR count). The summed E-state index contributed by atoms with van der Waals surface area (Å²) in [5.74, 6) is 0.717. The number of carbonyl (C=O) groups is 1. The van der Waals surface area contributed by atoms with Crippen molar-refractivity contribution in [2.45, 2.75) is 30.4 Å². The highest BCUT2D eigenvalue weighted by Gasteiger charge is 2.13. The lowest BCUT2D eigenvalue weighted by molar-refractivity contribution is -0.120. The molecule has 2 aromatic carbocycles. The van der Waals surface area contributed by atoms with E-state index >= 15 is 0 Å². The van der Waals surface area contributed by atoms with Crippen LogP contribution in [0.5, 0.6) is 5.75 Å². The lowest BCUT2D eigenvalue weighted by Crippen LogP contribution is -2.26. The second-order valence-electron chi connectivity index (χ2n) is 5.22. The molecule has 0 saturated heterocycles. The minimum absolute atomic E-state index is 0.122. The second kappa shape index (κ2) is 9.78. The standard InChI is InChI=1S/C19H22N2O2S/c1-3-13-23-17-11-9-16(10-12-17)14-20-21-19(22)15(2)24-18-7-5-4-6-8-18/h4-12,14-15H,3,13H2,1-2H3,(H,21,22)/b20-14+. The van der Waals surface area contributed by atoms with Crippen LogP contribution in [0.3, 0.4) is 0 Å². The number of benzene rings is 2. The van der Waals surface area contributed by atoms with Gasteiger partial charge in [-0.2, -0.15) is 5.10 Å². The van der Waals surface area contributed by atoms with Gasteiger partial charge in [0.15, 0.2) is 0 Å². The van der Waals surface area contributed by atoms with Crippen molar-refractivity contribution in [3.8, 4) is 5.75 Å². The molecule has 126 valence electrons. The Labute approximate surface area is 147 Å². The normalized spacial score (nSPS) is 12.1. The molecule has 0 aliphatic heterocycles. The van der Waals surface area contributed by atoms with Crippen molar-refractivity contribution in [2.75, 3.05) is 6.61 Å². The summed E-state index contributed by atoms with van der Waals surface area (Å²) >= 11 is 1.50. The van der Waals surface area contributed by atoms with Gasteiger partial charge >= 0.3 is 0 Å². The molecule has 1 atom stereocenters. The molecule has 0 aromatic heterocycles. The largest absolute Gasteiger partial charge is 0.494 e. The first kappa shape index (κ1) is 18.1. The average molecular weight is 342 g/mol. The smallest absolute Gasteiger partial charge is 0.253 e. The van der Waals surface area contributed by atoms with Gasteiger partial charge in [0.2, 0.25) is 0 Å². The fourth-order valence-corrected chi connectivity index (χ4v) is 2.77. The fraction of sp³-hybridized carbons (Fsp3) is 0.263. The molecular formula is C19H22N2O2S. The Hall–Kier alpha value is -2.27. The highest BCUT2D eigenvalue weighted by atomic mass is 32.2. The van der Waals surface area contributed by atoms with E-state index in [1.54, 1.807) is 6.21 Å². The number of hydrogen-bond acceptors (Lipinski definition) is 4. The quantitative estimate of drug-likeness (QED) is 0.446. The summed E-state index contributed by atoms with van der Waals surface area (Å²) < 4.78 is 5.52. The molecule has 0 saturated carbocycles. The molecule has 0 aliphatic carbocycles. The van der Waals surface area contributed by atoms with E-state index in [-0.39, 0.29) is 11.2 Å². The van der Waals surface area contributed by atoms with Crippen molar-refractivity contribution >= 4 is 23.9 Å². The van der Waals surface area contributed by atoms with Crippen LogP contribution in [0, 0.1) is 0 Å². The van der Waals surface area contributed by atoms with E-state index < -0.39 is 0 Å². The van der Waals surface area contributed by atoms with Gasteiger partial charge in [0.1, 0.15) is 5.75 Å². The molecule has 0 fully saturated rings. The van der Waals surface area contributed by atoms with E-state index in [4.69, 9.17) is 4.74 Å². The molecule has 24 heavy (non-hydrogen) atoms. The van der Waals surface area contributed by atoms with Gasteiger partial charge in [0.25, 0.3) is 5.91 Å². The highest BCUT2D eigenvalue weighted by Crippen LogP contribution is 2.22. The average Bonchev–Trinajstić information content (AvgIpc) is 2.61. The maximum Gasteiger partial charge on any atom is 0.253 e.